The van der Waals surface area contributed by atoms with Crippen molar-refractivity contribution in [2.24, 2.45) is 5.14 Å². The Morgan fingerprint density at radius 2 is 2.27 bits per heavy atom. The summed E-state index contributed by atoms with van der Waals surface area (Å²) in [6.45, 7) is 0.892. The number of nitrogens with zero attached hydrogens (tertiary/aromatic N) is 1. The average Bonchev–Trinajstić information content (AvgIpc) is 2.17. The lowest BCUT2D eigenvalue weighted by molar-refractivity contribution is -0.129. The van der Waals surface area contributed by atoms with Crippen molar-refractivity contribution in [1.82, 2.24) is 4.90 Å². The number of carbonyl (C=O) groups excluding carboxylic acids is 1. The molecule has 7 heteroatoms. The number of thioether (sulfide) groups is 1. The van der Waals surface area contributed by atoms with Crippen LogP contribution in [-0.4, -0.2) is 49.6 Å². The van der Waals surface area contributed by atoms with Gasteiger partial charge in [0.25, 0.3) is 0 Å². The molecule has 1 unspecified atom stereocenters. The Labute approximate surface area is 94.4 Å². The second kappa shape index (κ2) is 5.18. The van der Waals surface area contributed by atoms with E-state index in [-0.39, 0.29) is 12.5 Å². The van der Waals surface area contributed by atoms with Crippen molar-refractivity contribution in [2.45, 2.75) is 18.1 Å². The molecule has 0 saturated carbocycles. The summed E-state index contributed by atoms with van der Waals surface area (Å²) in [4.78, 5) is 13.1. The van der Waals surface area contributed by atoms with E-state index < -0.39 is 15.3 Å². The van der Waals surface area contributed by atoms with Crippen molar-refractivity contribution in [1.29, 1.82) is 0 Å². The molecule has 0 aromatic carbocycles. The molecule has 0 bridgehead atoms. The summed E-state index contributed by atoms with van der Waals surface area (Å²) in [6, 6.07) is 0. The Morgan fingerprint density at radius 3 is 2.80 bits per heavy atom. The second-order valence-corrected chi connectivity index (χ2v) is 6.34. The van der Waals surface area contributed by atoms with Crippen LogP contribution in [0, 0.1) is 0 Å². The molecule has 1 aliphatic rings. The Morgan fingerprint density at radius 1 is 1.60 bits per heavy atom. The normalized spacial score (nSPS) is 22.8. The summed E-state index contributed by atoms with van der Waals surface area (Å²) in [5.74, 6) is 0.396. The maximum absolute atomic E-state index is 11.5. The van der Waals surface area contributed by atoms with Crippen LogP contribution in [0.4, 0.5) is 0 Å². The summed E-state index contributed by atoms with van der Waals surface area (Å²) >= 11 is 1.44. The molecule has 2 N–H and O–H groups in total. The topological polar surface area (TPSA) is 80.5 Å². The van der Waals surface area contributed by atoms with E-state index in [1.807, 2.05) is 6.26 Å². The molecule has 5 nitrogen and oxygen atoms in total. The fourth-order valence-electron chi connectivity index (χ4n) is 1.65. The molecule has 0 spiro atoms. The highest BCUT2D eigenvalue weighted by Crippen LogP contribution is 2.15. The van der Waals surface area contributed by atoms with E-state index in [0.29, 0.717) is 25.1 Å². The summed E-state index contributed by atoms with van der Waals surface area (Å²) in [6.07, 6.45) is 3.11. The van der Waals surface area contributed by atoms with Crippen molar-refractivity contribution in [2.75, 3.05) is 25.1 Å². The molecule has 0 aromatic rings. The molecule has 1 amide bonds. The van der Waals surface area contributed by atoms with E-state index in [1.54, 1.807) is 4.90 Å². The molecule has 1 fully saturated rings. The minimum atomic E-state index is -3.51. The highest BCUT2D eigenvalue weighted by Gasteiger charge is 2.29. The monoisotopic (exact) mass is 252 g/mol. The number of amides is 1. The first-order chi connectivity index (χ1) is 6.95. The predicted molar refractivity (Wildman–Crippen MR) is 61.1 cm³/mol. The molecular formula is C8H16N2O3S2. The summed E-state index contributed by atoms with van der Waals surface area (Å²) in [5, 5.41) is 4.49. The molecule has 0 radical (unpaired) electrons. The van der Waals surface area contributed by atoms with Gasteiger partial charge in [-0.25, -0.2) is 13.6 Å². The van der Waals surface area contributed by atoms with Gasteiger partial charge < -0.3 is 4.90 Å². The van der Waals surface area contributed by atoms with Crippen molar-refractivity contribution in [3.8, 4) is 0 Å². The van der Waals surface area contributed by atoms with Gasteiger partial charge in [0.05, 0.1) is 11.0 Å². The first-order valence-corrected chi connectivity index (χ1v) is 7.74. The van der Waals surface area contributed by atoms with Crippen LogP contribution in [0.2, 0.25) is 0 Å². The van der Waals surface area contributed by atoms with Crippen LogP contribution in [0.3, 0.4) is 0 Å². The average molecular weight is 252 g/mol. The Bertz CT molecular complexity index is 329. The van der Waals surface area contributed by atoms with Gasteiger partial charge >= 0.3 is 0 Å². The standard InChI is InChI=1S/C8H16N2O3S2/c1-14-6-8(11)10-4-2-3-7(5-10)15(9,12)13/h7H,2-6H2,1H3,(H2,9,12,13). The molecule has 15 heavy (non-hydrogen) atoms. The van der Waals surface area contributed by atoms with Crippen molar-refractivity contribution in [3.05, 3.63) is 0 Å². The van der Waals surface area contributed by atoms with E-state index in [0.717, 1.165) is 0 Å². The number of likely N-dealkylation sites (tertiary alicyclic amines) is 1. The zero-order valence-electron chi connectivity index (χ0n) is 8.68. The van der Waals surface area contributed by atoms with Gasteiger partial charge in [-0.15, -0.1) is 0 Å². The Balaban J connectivity index is 2.60. The molecular weight excluding hydrogens is 236 g/mol. The van der Waals surface area contributed by atoms with Crippen LogP contribution in [0.25, 0.3) is 0 Å². The lowest BCUT2D eigenvalue weighted by atomic mass is 10.1. The first kappa shape index (κ1) is 12.8. The molecule has 88 valence electrons. The van der Waals surface area contributed by atoms with Crippen LogP contribution in [0.5, 0.6) is 0 Å². The van der Waals surface area contributed by atoms with Gasteiger partial charge in [0.1, 0.15) is 0 Å². The highest BCUT2D eigenvalue weighted by molar-refractivity contribution is 7.99. The van der Waals surface area contributed by atoms with Gasteiger partial charge in [0, 0.05) is 13.1 Å². The third kappa shape index (κ3) is 3.66. The zero-order valence-corrected chi connectivity index (χ0v) is 10.3. The highest BCUT2D eigenvalue weighted by atomic mass is 32.2. The largest absolute Gasteiger partial charge is 0.341 e. The lowest BCUT2D eigenvalue weighted by Crippen LogP contribution is -2.47. The van der Waals surface area contributed by atoms with Crippen LogP contribution >= 0.6 is 11.8 Å². The number of hydrogen-bond acceptors (Lipinski definition) is 4. The van der Waals surface area contributed by atoms with Crippen LogP contribution in [-0.2, 0) is 14.8 Å². The van der Waals surface area contributed by atoms with E-state index in [9.17, 15) is 13.2 Å². The second-order valence-electron chi connectivity index (χ2n) is 3.63. The summed E-state index contributed by atoms with van der Waals surface area (Å²) in [5.41, 5.74) is 0. The van der Waals surface area contributed by atoms with Gasteiger partial charge in [0.2, 0.25) is 15.9 Å². The van der Waals surface area contributed by atoms with E-state index >= 15 is 0 Å². The fourth-order valence-corrected chi connectivity index (χ4v) is 2.96. The van der Waals surface area contributed by atoms with Crippen LogP contribution < -0.4 is 5.14 Å². The van der Waals surface area contributed by atoms with Gasteiger partial charge in [-0.2, -0.15) is 11.8 Å². The Kier molecular flexibility index (Phi) is 4.42. The maximum atomic E-state index is 11.5. The fraction of sp³-hybridized carbons (Fsp3) is 0.875. The third-order valence-corrected chi connectivity index (χ3v) is 4.31. The summed E-state index contributed by atoms with van der Waals surface area (Å²) in [7, 11) is -3.51. The molecule has 1 rings (SSSR count). The minimum absolute atomic E-state index is 0.00384. The minimum Gasteiger partial charge on any atom is -0.341 e. The van der Waals surface area contributed by atoms with E-state index in [1.165, 1.54) is 11.8 Å². The lowest BCUT2D eigenvalue weighted by Gasteiger charge is -2.31. The number of hydrogen-bond donors (Lipinski definition) is 1. The van der Waals surface area contributed by atoms with E-state index in [2.05, 4.69) is 0 Å². The molecule has 1 atom stereocenters. The number of piperidine rings is 1. The van der Waals surface area contributed by atoms with E-state index in [4.69, 9.17) is 5.14 Å². The number of rotatable bonds is 3. The first-order valence-electron chi connectivity index (χ1n) is 4.73. The molecule has 1 heterocycles. The quantitative estimate of drug-likeness (QED) is 0.743. The zero-order chi connectivity index (χ0) is 11.5. The number of sulfonamides is 1. The Hall–Kier alpha value is -0.270. The predicted octanol–water partition coefficient (Wildman–Crippen LogP) is -0.371. The van der Waals surface area contributed by atoms with Crippen LogP contribution in [0.1, 0.15) is 12.8 Å². The number of carbonyl (C=O) groups is 1. The van der Waals surface area contributed by atoms with Crippen molar-refractivity contribution in [3.63, 3.8) is 0 Å². The van der Waals surface area contributed by atoms with Gasteiger partial charge in [0.15, 0.2) is 0 Å². The van der Waals surface area contributed by atoms with Gasteiger partial charge in [-0.05, 0) is 19.1 Å². The molecule has 0 aliphatic carbocycles. The maximum Gasteiger partial charge on any atom is 0.232 e. The summed E-state index contributed by atoms with van der Waals surface area (Å²) < 4.78 is 22.3. The molecule has 1 aliphatic heterocycles. The SMILES string of the molecule is CSCC(=O)N1CCCC(S(N)(=O)=O)C1. The van der Waals surface area contributed by atoms with Crippen molar-refractivity contribution < 1.29 is 13.2 Å². The van der Waals surface area contributed by atoms with Crippen LogP contribution in [0.15, 0.2) is 0 Å². The molecule has 1 saturated heterocycles. The number of nitrogens with two attached hydrogens (primary N) is 1. The van der Waals surface area contributed by atoms with Gasteiger partial charge in [-0.3, -0.25) is 4.79 Å². The van der Waals surface area contributed by atoms with Gasteiger partial charge in [-0.1, -0.05) is 0 Å². The molecule has 0 aromatic heterocycles. The third-order valence-electron chi connectivity index (χ3n) is 2.46. The smallest absolute Gasteiger partial charge is 0.232 e. The number of primary sulfonamides is 1. The van der Waals surface area contributed by atoms with Crippen molar-refractivity contribution >= 4 is 27.7 Å².